The van der Waals surface area contributed by atoms with Crippen LogP contribution in [-0.4, -0.2) is 17.7 Å². The van der Waals surface area contributed by atoms with E-state index >= 15 is 0 Å². The number of carboxylic acid groups (broad SMARTS) is 1. The van der Waals surface area contributed by atoms with E-state index in [1.54, 1.807) is 24.3 Å². The molecule has 0 radical (unpaired) electrons. The minimum atomic E-state index is -1.44. The highest BCUT2D eigenvalue weighted by molar-refractivity contribution is 6.02. The average Bonchev–Trinajstić information content (AvgIpc) is 2.27. The van der Waals surface area contributed by atoms with Crippen molar-refractivity contribution in [3.8, 4) is 0 Å². The molecule has 0 aliphatic heterocycles. The highest BCUT2D eigenvalue weighted by Crippen LogP contribution is 2.09. The lowest BCUT2D eigenvalue weighted by atomic mass is 10.1. The Morgan fingerprint density at radius 2 is 1.71 bits per heavy atom. The number of anilines is 1. The molecule has 1 aromatic rings. The Hall–Kier alpha value is -2.43. The van der Waals surface area contributed by atoms with Crippen LogP contribution >= 0.6 is 0 Å². The van der Waals surface area contributed by atoms with Gasteiger partial charge < -0.3 is 15.2 Å². The van der Waals surface area contributed by atoms with E-state index in [1.165, 1.54) is 6.92 Å². The van der Waals surface area contributed by atoms with E-state index in [4.69, 9.17) is 0 Å². The summed E-state index contributed by atoms with van der Waals surface area (Å²) >= 11 is 0. The zero-order valence-electron chi connectivity index (χ0n) is 9.10. The van der Waals surface area contributed by atoms with Gasteiger partial charge in [-0.25, -0.2) is 0 Å². The summed E-state index contributed by atoms with van der Waals surface area (Å²) in [5.41, 5.74) is 1.01. The van der Waals surface area contributed by atoms with Crippen LogP contribution in [0, 0.1) is 0 Å². The number of ketones is 1. The lowest BCUT2D eigenvalue weighted by molar-refractivity contribution is -0.297. The summed E-state index contributed by atoms with van der Waals surface area (Å²) in [5.74, 6) is -2.09. The Labute approximate surface area is 97.8 Å². The van der Waals surface area contributed by atoms with Gasteiger partial charge in [0.1, 0.15) is 0 Å². The Kier molecular flexibility index (Phi) is 4.16. The topological polar surface area (TPSA) is 86.3 Å². The highest BCUT2D eigenvalue weighted by atomic mass is 16.4. The summed E-state index contributed by atoms with van der Waals surface area (Å²) in [6, 6.07) is 6.25. The number of carboxylic acids is 1. The molecule has 0 aliphatic rings. The van der Waals surface area contributed by atoms with Crippen LogP contribution in [0.3, 0.4) is 0 Å². The monoisotopic (exact) mass is 232 g/mol. The van der Waals surface area contributed by atoms with Crippen molar-refractivity contribution in [2.24, 2.45) is 0 Å². The molecule has 0 spiro atoms. The SMILES string of the molecule is CC(=O)c1ccc(NC(=O)/C=C\C(=O)[O-])cc1. The van der Waals surface area contributed by atoms with Gasteiger partial charge in [0.25, 0.3) is 0 Å². The largest absolute Gasteiger partial charge is 0.545 e. The van der Waals surface area contributed by atoms with Crippen LogP contribution in [0.4, 0.5) is 5.69 Å². The fourth-order valence-corrected chi connectivity index (χ4v) is 1.12. The highest BCUT2D eigenvalue weighted by Gasteiger charge is 2.00. The number of carbonyl (C=O) groups is 3. The first kappa shape index (κ1) is 12.6. The van der Waals surface area contributed by atoms with E-state index in [-0.39, 0.29) is 5.78 Å². The van der Waals surface area contributed by atoms with Crippen molar-refractivity contribution in [2.45, 2.75) is 6.92 Å². The number of Topliss-reactive ketones (excluding diaryl/α,β-unsaturated/α-hetero) is 1. The number of hydrogen-bond donors (Lipinski definition) is 1. The van der Waals surface area contributed by atoms with Gasteiger partial charge in [-0.05, 0) is 37.3 Å². The second kappa shape index (κ2) is 5.60. The zero-order chi connectivity index (χ0) is 12.8. The molecule has 1 rings (SSSR count). The Morgan fingerprint density at radius 3 is 2.18 bits per heavy atom. The predicted molar refractivity (Wildman–Crippen MR) is 59.2 cm³/mol. The molecule has 0 bridgehead atoms. The van der Waals surface area contributed by atoms with E-state index in [0.717, 1.165) is 6.08 Å². The third-order valence-corrected chi connectivity index (χ3v) is 1.93. The van der Waals surface area contributed by atoms with Crippen molar-refractivity contribution in [1.29, 1.82) is 0 Å². The number of benzene rings is 1. The summed E-state index contributed by atoms with van der Waals surface area (Å²) in [4.78, 5) is 32.2. The molecule has 0 aromatic heterocycles. The van der Waals surface area contributed by atoms with Gasteiger partial charge in [0.05, 0.1) is 5.97 Å². The molecule has 0 atom stereocenters. The van der Waals surface area contributed by atoms with Crippen LogP contribution in [0.15, 0.2) is 36.4 Å². The molecule has 5 heteroatoms. The van der Waals surface area contributed by atoms with Crippen LogP contribution < -0.4 is 10.4 Å². The van der Waals surface area contributed by atoms with Gasteiger partial charge in [0, 0.05) is 17.3 Å². The van der Waals surface area contributed by atoms with Crippen molar-refractivity contribution in [2.75, 3.05) is 5.32 Å². The Bertz CT molecular complexity index is 474. The normalized spacial score (nSPS) is 10.2. The fourth-order valence-electron chi connectivity index (χ4n) is 1.12. The molecule has 0 saturated heterocycles. The maximum atomic E-state index is 11.2. The van der Waals surface area contributed by atoms with Crippen LogP contribution in [0.1, 0.15) is 17.3 Å². The summed E-state index contributed by atoms with van der Waals surface area (Å²) < 4.78 is 0. The standard InChI is InChI=1S/C12H11NO4/c1-8(14)9-2-4-10(5-3-9)13-11(15)6-7-12(16)17/h2-7H,1H3,(H,13,15)(H,16,17)/p-1/b7-6-. The third kappa shape index (κ3) is 4.29. The molecule has 88 valence electrons. The molecule has 0 heterocycles. The molecule has 5 nitrogen and oxygen atoms in total. The van der Waals surface area contributed by atoms with Gasteiger partial charge in [-0.2, -0.15) is 0 Å². The van der Waals surface area contributed by atoms with Gasteiger partial charge in [-0.3, -0.25) is 9.59 Å². The summed E-state index contributed by atoms with van der Waals surface area (Å²) in [6.07, 6.45) is 1.49. The van der Waals surface area contributed by atoms with Crippen molar-refractivity contribution in [3.63, 3.8) is 0 Å². The minimum Gasteiger partial charge on any atom is -0.545 e. The van der Waals surface area contributed by atoms with Crippen LogP contribution in [0.5, 0.6) is 0 Å². The fraction of sp³-hybridized carbons (Fsp3) is 0.0833. The summed E-state index contributed by atoms with van der Waals surface area (Å²) in [7, 11) is 0. The van der Waals surface area contributed by atoms with E-state index in [9.17, 15) is 19.5 Å². The van der Waals surface area contributed by atoms with Crippen molar-refractivity contribution >= 4 is 23.3 Å². The van der Waals surface area contributed by atoms with Crippen molar-refractivity contribution < 1.29 is 19.5 Å². The Balaban J connectivity index is 2.66. The molecule has 17 heavy (non-hydrogen) atoms. The number of nitrogens with one attached hydrogen (secondary N) is 1. The van der Waals surface area contributed by atoms with E-state index < -0.39 is 11.9 Å². The average molecular weight is 232 g/mol. The van der Waals surface area contributed by atoms with Crippen LogP contribution in [0.2, 0.25) is 0 Å². The van der Waals surface area contributed by atoms with Crippen molar-refractivity contribution in [1.82, 2.24) is 0 Å². The second-order valence-electron chi connectivity index (χ2n) is 3.28. The molecule has 0 aliphatic carbocycles. The number of aliphatic carboxylic acids is 1. The van der Waals surface area contributed by atoms with Crippen LogP contribution in [0.25, 0.3) is 0 Å². The quantitative estimate of drug-likeness (QED) is 0.590. The third-order valence-electron chi connectivity index (χ3n) is 1.93. The zero-order valence-corrected chi connectivity index (χ0v) is 9.10. The molecular formula is C12H10NO4-. The van der Waals surface area contributed by atoms with Gasteiger partial charge in [-0.1, -0.05) is 0 Å². The number of amides is 1. The summed E-state index contributed by atoms with van der Waals surface area (Å²) in [6.45, 7) is 1.44. The van der Waals surface area contributed by atoms with E-state index in [0.29, 0.717) is 17.3 Å². The Morgan fingerprint density at radius 1 is 1.12 bits per heavy atom. The van der Waals surface area contributed by atoms with Gasteiger partial charge in [0.2, 0.25) is 5.91 Å². The maximum Gasteiger partial charge on any atom is 0.248 e. The minimum absolute atomic E-state index is 0.0697. The lowest BCUT2D eigenvalue weighted by Gasteiger charge is -2.02. The molecule has 1 N–H and O–H groups in total. The molecule has 0 saturated carbocycles. The lowest BCUT2D eigenvalue weighted by Crippen LogP contribution is -2.20. The van der Waals surface area contributed by atoms with Gasteiger partial charge in [-0.15, -0.1) is 0 Å². The smallest absolute Gasteiger partial charge is 0.248 e. The van der Waals surface area contributed by atoms with Crippen LogP contribution in [-0.2, 0) is 9.59 Å². The van der Waals surface area contributed by atoms with Gasteiger partial charge >= 0.3 is 0 Å². The molecule has 1 amide bonds. The number of hydrogen-bond acceptors (Lipinski definition) is 4. The van der Waals surface area contributed by atoms with Gasteiger partial charge in [0.15, 0.2) is 5.78 Å². The first-order valence-corrected chi connectivity index (χ1v) is 4.80. The predicted octanol–water partition coefficient (Wildman–Crippen LogP) is 0.134. The second-order valence-corrected chi connectivity index (χ2v) is 3.28. The number of rotatable bonds is 4. The first-order valence-electron chi connectivity index (χ1n) is 4.80. The maximum absolute atomic E-state index is 11.2. The molecule has 0 fully saturated rings. The molecule has 0 unspecified atom stereocenters. The number of carbonyl (C=O) groups excluding carboxylic acids is 3. The van der Waals surface area contributed by atoms with E-state index in [1.807, 2.05) is 0 Å². The summed E-state index contributed by atoms with van der Waals surface area (Å²) in [5, 5.41) is 12.5. The first-order chi connectivity index (χ1) is 7.99. The van der Waals surface area contributed by atoms with Crippen molar-refractivity contribution in [3.05, 3.63) is 42.0 Å². The molecular weight excluding hydrogens is 222 g/mol. The van der Waals surface area contributed by atoms with E-state index in [2.05, 4.69) is 5.32 Å². The molecule has 1 aromatic carbocycles.